The molecule has 2 bridgehead atoms. The smallest absolute Gasteiger partial charge is 0.311 e. The van der Waals surface area contributed by atoms with Gasteiger partial charge in [0.15, 0.2) is 0 Å². The van der Waals surface area contributed by atoms with Crippen LogP contribution >= 0.6 is 11.8 Å². The molecule has 2 amide bonds. The number of carbonyl (C=O) groups is 3. The van der Waals surface area contributed by atoms with Crippen molar-refractivity contribution in [3.8, 4) is 0 Å². The molecule has 40 heavy (non-hydrogen) atoms. The molecule has 4 fully saturated rings. The highest BCUT2D eigenvalue weighted by Gasteiger charge is 2.78. The minimum atomic E-state index is -0.765. The lowest BCUT2D eigenvalue weighted by Gasteiger charge is -2.41. The third-order valence-corrected chi connectivity index (χ3v) is 11.6. The summed E-state index contributed by atoms with van der Waals surface area (Å²) in [7, 11) is 0. The van der Waals surface area contributed by atoms with Crippen molar-refractivity contribution >= 4 is 29.5 Å². The number of rotatable bonds is 14. The minimum Gasteiger partial charge on any atom is -0.465 e. The third kappa shape index (κ3) is 5.49. The number of ether oxygens (including phenoxy) is 2. The number of hydrogen-bond acceptors (Lipinski definition) is 8. The first kappa shape index (κ1) is 31.1. The van der Waals surface area contributed by atoms with Crippen LogP contribution in [-0.2, 0) is 23.9 Å². The number of thioether (sulfide) groups is 1. The van der Waals surface area contributed by atoms with Gasteiger partial charge < -0.3 is 24.4 Å². The molecule has 4 aliphatic heterocycles. The van der Waals surface area contributed by atoms with Crippen molar-refractivity contribution in [2.45, 2.75) is 68.0 Å². The van der Waals surface area contributed by atoms with Crippen molar-refractivity contribution in [1.29, 1.82) is 0 Å². The van der Waals surface area contributed by atoms with Crippen LogP contribution in [0, 0.1) is 17.8 Å². The van der Waals surface area contributed by atoms with Crippen LogP contribution in [0.5, 0.6) is 0 Å². The first-order valence-corrected chi connectivity index (χ1v) is 15.6. The lowest BCUT2D eigenvalue weighted by molar-refractivity contribution is -0.156. The average Bonchev–Trinajstić information content (AvgIpc) is 3.52. The summed E-state index contributed by atoms with van der Waals surface area (Å²) in [5.74, 6) is -2.01. The number of morpholine rings is 1. The lowest BCUT2D eigenvalue weighted by Crippen LogP contribution is -2.59. The van der Waals surface area contributed by atoms with Gasteiger partial charge in [0.25, 0.3) is 0 Å². The summed E-state index contributed by atoms with van der Waals surface area (Å²) in [4.78, 5) is 48.4. The van der Waals surface area contributed by atoms with Gasteiger partial charge >= 0.3 is 5.97 Å². The summed E-state index contributed by atoms with van der Waals surface area (Å²) in [6, 6.07) is -1.28. The molecule has 0 aromatic rings. The maximum absolute atomic E-state index is 14.6. The summed E-state index contributed by atoms with van der Waals surface area (Å²) in [6.07, 6.45) is 6.11. The molecule has 4 aliphatic rings. The molecule has 10 heteroatoms. The van der Waals surface area contributed by atoms with E-state index in [0.717, 1.165) is 25.9 Å². The number of fused-ring (bicyclic) bond motifs is 1. The number of amides is 2. The topological polar surface area (TPSA) is 99.6 Å². The van der Waals surface area contributed by atoms with E-state index in [0.29, 0.717) is 45.7 Å². The zero-order chi connectivity index (χ0) is 29.1. The van der Waals surface area contributed by atoms with Crippen molar-refractivity contribution in [3.05, 3.63) is 25.3 Å². The summed E-state index contributed by atoms with van der Waals surface area (Å²) < 4.78 is 9.89. The molecule has 1 N–H and O–H groups in total. The minimum absolute atomic E-state index is 0.0172. The summed E-state index contributed by atoms with van der Waals surface area (Å²) in [6.45, 7) is 18.2. The second-order valence-electron chi connectivity index (χ2n) is 11.9. The van der Waals surface area contributed by atoms with Gasteiger partial charge in [-0.05, 0) is 32.1 Å². The highest BCUT2D eigenvalue weighted by atomic mass is 32.2. The highest BCUT2D eigenvalue weighted by Crippen LogP contribution is 2.72. The van der Waals surface area contributed by atoms with E-state index in [9.17, 15) is 19.5 Å². The van der Waals surface area contributed by atoms with Crippen molar-refractivity contribution in [2.75, 3.05) is 59.2 Å². The van der Waals surface area contributed by atoms with Crippen LogP contribution in [0.3, 0.4) is 0 Å². The number of nitrogens with zero attached hydrogens (tertiary/aromatic N) is 3. The molecule has 4 heterocycles. The van der Waals surface area contributed by atoms with Crippen LogP contribution in [0.15, 0.2) is 25.3 Å². The Morgan fingerprint density at radius 1 is 1.27 bits per heavy atom. The van der Waals surface area contributed by atoms with Crippen LogP contribution in [-0.4, -0.2) is 118 Å². The van der Waals surface area contributed by atoms with E-state index in [4.69, 9.17) is 9.47 Å². The predicted molar refractivity (Wildman–Crippen MR) is 156 cm³/mol. The van der Waals surface area contributed by atoms with Crippen LogP contribution in [0.1, 0.15) is 46.5 Å². The second-order valence-corrected chi connectivity index (χ2v) is 13.8. The number of aliphatic hydroxyl groups excluding tert-OH is 1. The number of esters is 1. The Bertz CT molecular complexity index is 973. The largest absolute Gasteiger partial charge is 0.465 e. The van der Waals surface area contributed by atoms with Gasteiger partial charge in [0, 0.05) is 37.5 Å². The molecule has 0 radical (unpaired) electrons. The zero-order valence-corrected chi connectivity index (χ0v) is 25.2. The molecule has 2 unspecified atom stereocenters. The van der Waals surface area contributed by atoms with Gasteiger partial charge in [-0.3, -0.25) is 19.3 Å². The van der Waals surface area contributed by atoms with E-state index >= 15 is 0 Å². The van der Waals surface area contributed by atoms with Gasteiger partial charge in [-0.2, -0.15) is 0 Å². The Morgan fingerprint density at radius 3 is 2.62 bits per heavy atom. The fourth-order valence-corrected chi connectivity index (χ4v) is 9.54. The molecule has 224 valence electrons. The maximum atomic E-state index is 14.6. The lowest BCUT2D eigenvalue weighted by atomic mass is 9.66. The molecule has 9 nitrogen and oxygen atoms in total. The van der Waals surface area contributed by atoms with Gasteiger partial charge in [-0.1, -0.05) is 32.4 Å². The highest BCUT2D eigenvalue weighted by molar-refractivity contribution is 8.02. The molecule has 1 spiro atoms. The number of aliphatic hydroxyl groups is 1. The fraction of sp³-hybridized carbons (Fsp3) is 0.767. The van der Waals surface area contributed by atoms with Gasteiger partial charge in [0.1, 0.15) is 6.04 Å². The summed E-state index contributed by atoms with van der Waals surface area (Å²) >= 11 is 1.63. The first-order valence-electron chi connectivity index (χ1n) is 14.8. The van der Waals surface area contributed by atoms with E-state index in [-0.39, 0.29) is 36.9 Å². The maximum Gasteiger partial charge on any atom is 0.311 e. The molecular weight excluding hydrogens is 530 g/mol. The van der Waals surface area contributed by atoms with E-state index in [1.165, 1.54) is 0 Å². The van der Waals surface area contributed by atoms with Crippen molar-refractivity contribution < 1.29 is 29.0 Å². The number of likely N-dealkylation sites (tertiary alicyclic amines) is 1. The Labute approximate surface area is 243 Å². The van der Waals surface area contributed by atoms with Crippen molar-refractivity contribution in [3.63, 3.8) is 0 Å². The second kappa shape index (κ2) is 13.0. The van der Waals surface area contributed by atoms with E-state index in [2.05, 4.69) is 18.1 Å². The molecule has 4 saturated heterocycles. The molecule has 0 aromatic carbocycles. The first-order chi connectivity index (χ1) is 19.2. The third-order valence-electron chi connectivity index (χ3n) is 9.56. The van der Waals surface area contributed by atoms with Crippen LogP contribution < -0.4 is 0 Å². The number of carbonyl (C=O) groups excluding carboxylic acids is 3. The van der Waals surface area contributed by atoms with Gasteiger partial charge in [-0.25, -0.2) is 0 Å². The monoisotopic (exact) mass is 577 g/mol. The normalized spacial score (nSPS) is 33.0. The summed E-state index contributed by atoms with van der Waals surface area (Å²) in [5, 5.41) is 10.6. The van der Waals surface area contributed by atoms with Crippen molar-refractivity contribution in [1.82, 2.24) is 14.7 Å². The molecule has 4 rings (SSSR count). The van der Waals surface area contributed by atoms with Gasteiger partial charge in [-0.15, -0.1) is 24.9 Å². The summed E-state index contributed by atoms with van der Waals surface area (Å²) in [5.41, 5.74) is 0. The van der Waals surface area contributed by atoms with Crippen LogP contribution in [0.2, 0.25) is 0 Å². The standard InChI is InChI=1S/C30H47N3O6S/c1-6-9-17-39-28(37)24-23-26(35)33(22(20-34)21(4)8-3)25(30(23)11-10-29(24,5)40-30)27(36)32(12-7-2)14-13-31-15-18-38-19-16-31/h6-7,21-25,34H,1-2,8-20H2,3-5H3/t21-,22-,23-,24-,25?,29+,30?/m0/s1. The van der Waals surface area contributed by atoms with Crippen molar-refractivity contribution in [2.24, 2.45) is 17.8 Å². The molecule has 7 atom stereocenters. The quantitative estimate of drug-likeness (QED) is 0.191. The van der Waals surface area contributed by atoms with Gasteiger partial charge in [0.2, 0.25) is 11.8 Å². The Morgan fingerprint density at radius 2 is 2.00 bits per heavy atom. The Balaban J connectivity index is 1.71. The predicted octanol–water partition coefficient (Wildman–Crippen LogP) is 2.34. The number of hydrogen-bond donors (Lipinski definition) is 1. The SMILES string of the molecule is C=CCCOC(=O)[C@@H]1[C@H]2C(=O)N([C@@H](CO)[C@@H](C)CC)C(C(=O)N(CC=C)CCN3CCOCC3)C23CC[C@@]1(C)S3. The molecular formula is C30H47N3O6S. The van der Waals surface area contributed by atoms with Crippen LogP contribution in [0.25, 0.3) is 0 Å². The van der Waals surface area contributed by atoms with Crippen LogP contribution in [0.4, 0.5) is 0 Å². The van der Waals surface area contributed by atoms with E-state index in [1.807, 2.05) is 25.7 Å². The zero-order valence-electron chi connectivity index (χ0n) is 24.4. The van der Waals surface area contributed by atoms with E-state index in [1.54, 1.807) is 28.8 Å². The van der Waals surface area contributed by atoms with E-state index < -0.39 is 33.4 Å². The molecule has 0 saturated carbocycles. The Hall–Kier alpha value is -1.88. The molecule has 0 aromatic heterocycles. The average molecular weight is 578 g/mol. The molecule has 0 aliphatic carbocycles. The fourth-order valence-electron chi connectivity index (χ4n) is 7.21. The van der Waals surface area contributed by atoms with Gasteiger partial charge in [0.05, 0.1) is 49.1 Å². The Kier molecular flexibility index (Phi) is 10.1.